The van der Waals surface area contributed by atoms with E-state index in [0.717, 1.165) is 6.42 Å². The van der Waals surface area contributed by atoms with E-state index < -0.39 is 18.1 Å². The molecule has 1 saturated heterocycles. The average molecular weight is 345 g/mol. The zero-order valence-corrected chi connectivity index (χ0v) is 13.7. The number of rotatable bonds is 6. The third-order valence-corrected chi connectivity index (χ3v) is 4.22. The first-order valence-corrected chi connectivity index (χ1v) is 7.95. The Kier molecular flexibility index (Phi) is 5.67. The van der Waals surface area contributed by atoms with Gasteiger partial charge in [0.15, 0.2) is 0 Å². The van der Waals surface area contributed by atoms with Crippen LogP contribution < -0.4 is 10.2 Å². The van der Waals surface area contributed by atoms with Gasteiger partial charge in [0.05, 0.1) is 16.8 Å². The molecule has 0 radical (unpaired) electrons. The molecule has 0 aromatic heterocycles. The van der Waals surface area contributed by atoms with E-state index in [9.17, 15) is 14.7 Å². The van der Waals surface area contributed by atoms with Crippen LogP contribution in [0.2, 0.25) is 10.0 Å². The van der Waals surface area contributed by atoms with Gasteiger partial charge in [-0.15, -0.1) is 0 Å². The van der Waals surface area contributed by atoms with Crippen LogP contribution >= 0.6 is 23.2 Å². The minimum Gasteiger partial charge on any atom is -0.480 e. The quantitative estimate of drug-likeness (QED) is 0.832. The van der Waals surface area contributed by atoms with Crippen LogP contribution in [0.5, 0.6) is 0 Å². The van der Waals surface area contributed by atoms with Crippen LogP contribution in [0.25, 0.3) is 0 Å². The molecule has 2 unspecified atom stereocenters. The number of benzene rings is 1. The minimum atomic E-state index is -0.933. The first kappa shape index (κ1) is 17.1. The Morgan fingerprint density at radius 1 is 1.50 bits per heavy atom. The third kappa shape index (κ3) is 3.72. The Bertz CT molecular complexity index is 580. The van der Waals surface area contributed by atoms with Crippen LogP contribution in [0.3, 0.4) is 0 Å². The molecule has 22 heavy (non-hydrogen) atoms. The van der Waals surface area contributed by atoms with Gasteiger partial charge in [-0.25, -0.2) is 0 Å². The summed E-state index contributed by atoms with van der Waals surface area (Å²) in [5, 5.41) is 13.0. The summed E-state index contributed by atoms with van der Waals surface area (Å²) in [6.45, 7) is 2.41. The lowest BCUT2D eigenvalue weighted by molar-refractivity contribution is -0.140. The average Bonchev–Trinajstić information content (AvgIpc) is 2.80. The van der Waals surface area contributed by atoms with Gasteiger partial charge in [0.1, 0.15) is 6.04 Å². The normalized spacial score (nSPS) is 19.5. The predicted octanol–water partition coefficient (Wildman–Crippen LogP) is 2.94. The second-order valence-corrected chi connectivity index (χ2v) is 6.12. The third-order valence-electron chi connectivity index (χ3n) is 3.68. The van der Waals surface area contributed by atoms with Gasteiger partial charge in [0.25, 0.3) is 0 Å². The van der Waals surface area contributed by atoms with E-state index in [4.69, 9.17) is 23.2 Å². The van der Waals surface area contributed by atoms with Gasteiger partial charge in [0.2, 0.25) is 5.91 Å². The lowest BCUT2D eigenvalue weighted by Crippen LogP contribution is -2.47. The number of hydrogen-bond donors (Lipinski definition) is 2. The van der Waals surface area contributed by atoms with Gasteiger partial charge in [-0.3, -0.25) is 14.9 Å². The number of anilines is 1. The van der Waals surface area contributed by atoms with E-state index in [0.29, 0.717) is 35.1 Å². The van der Waals surface area contributed by atoms with Crippen molar-refractivity contribution >= 4 is 40.8 Å². The Balaban J connectivity index is 2.10. The molecule has 7 heteroatoms. The summed E-state index contributed by atoms with van der Waals surface area (Å²) in [7, 11) is 0. The maximum absolute atomic E-state index is 12.5. The van der Waals surface area contributed by atoms with Gasteiger partial charge >= 0.3 is 5.97 Å². The van der Waals surface area contributed by atoms with Gasteiger partial charge in [-0.1, -0.05) is 36.5 Å². The van der Waals surface area contributed by atoms with Crippen molar-refractivity contribution in [2.24, 2.45) is 0 Å². The van der Waals surface area contributed by atoms with Crippen molar-refractivity contribution in [1.82, 2.24) is 5.32 Å². The molecule has 2 rings (SSSR count). The highest BCUT2D eigenvalue weighted by Crippen LogP contribution is 2.31. The predicted molar refractivity (Wildman–Crippen MR) is 86.7 cm³/mol. The summed E-state index contributed by atoms with van der Waals surface area (Å²) in [6.07, 6.45) is 1.77. The monoisotopic (exact) mass is 344 g/mol. The van der Waals surface area contributed by atoms with Crippen LogP contribution in [0.4, 0.5) is 5.69 Å². The van der Waals surface area contributed by atoms with E-state index in [-0.39, 0.29) is 5.91 Å². The topological polar surface area (TPSA) is 69.6 Å². The number of nitrogens with zero attached hydrogens (tertiary/aromatic N) is 1. The Hall–Kier alpha value is -1.30. The minimum absolute atomic E-state index is 0.161. The molecule has 1 heterocycles. The highest BCUT2D eigenvalue weighted by atomic mass is 35.5. The summed E-state index contributed by atoms with van der Waals surface area (Å²) in [4.78, 5) is 25.3. The fraction of sp³-hybridized carbons (Fsp3) is 0.467. The number of amides is 1. The molecule has 120 valence electrons. The summed E-state index contributed by atoms with van der Waals surface area (Å²) >= 11 is 12.0. The number of hydrogen-bond acceptors (Lipinski definition) is 3. The number of carboxylic acid groups (broad SMARTS) is 1. The van der Waals surface area contributed by atoms with Crippen LogP contribution in [0.1, 0.15) is 26.2 Å². The summed E-state index contributed by atoms with van der Waals surface area (Å²) in [5.74, 6) is -1.09. The molecular formula is C15H18Cl2N2O3. The van der Waals surface area contributed by atoms with Crippen LogP contribution in [0.15, 0.2) is 18.2 Å². The van der Waals surface area contributed by atoms with Crippen molar-refractivity contribution in [3.05, 3.63) is 28.2 Å². The maximum Gasteiger partial charge on any atom is 0.320 e. The molecule has 0 bridgehead atoms. The summed E-state index contributed by atoms with van der Waals surface area (Å²) < 4.78 is 0. The molecule has 0 saturated carbocycles. The lowest BCUT2D eigenvalue weighted by atomic mass is 10.1. The van der Waals surface area contributed by atoms with Crippen molar-refractivity contribution in [3.8, 4) is 0 Å². The first-order valence-electron chi connectivity index (χ1n) is 7.19. The lowest BCUT2D eigenvalue weighted by Gasteiger charge is -2.20. The highest BCUT2D eigenvalue weighted by molar-refractivity contribution is 6.36. The zero-order valence-electron chi connectivity index (χ0n) is 12.2. The van der Waals surface area contributed by atoms with Gasteiger partial charge in [0, 0.05) is 11.6 Å². The van der Waals surface area contributed by atoms with Crippen molar-refractivity contribution in [2.45, 2.75) is 38.3 Å². The largest absolute Gasteiger partial charge is 0.480 e. The molecule has 1 aromatic rings. The molecule has 0 spiro atoms. The van der Waals surface area contributed by atoms with Crippen LogP contribution in [0, 0.1) is 0 Å². The first-order chi connectivity index (χ1) is 10.4. The number of halogens is 2. The Morgan fingerprint density at radius 2 is 2.23 bits per heavy atom. The van der Waals surface area contributed by atoms with E-state index in [1.807, 2.05) is 6.92 Å². The summed E-state index contributed by atoms with van der Waals surface area (Å²) in [5.41, 5.74) is 0.600. The number of carbonyl (C=O) groups excluding carboxylic acids is 1. The number of nitrogens with one attached hydrogen (secondary N) is 1. The zero-order chi connectivity index (χ0) is 16.3. The molecule has 1 aliphatic heterocycles. The highest BCUT2D eigenvalue weighted by Gasteiger charge is 2.35. The molecular weight excluding hydrogens is 327 g/mol. The Labute approximate surface area is 139 Å². The number of carboxylic acids is 1. The van der Waals surface area contributed by atoms with Crippen molar-refractivity contribution < 1.29 is 14.7 Å². The van der Waals surface area contributed by atoms with E-state index in [2.05, 4.69) is 5.32 Å². The van der Waals surface area contributed by atoms with E-state index in [1.165, 1.54) is 0 Å². The van der Waals surface area contributed by atoms with Gasteiger partial charge in [-0.2, -0.15) is 0 Å². The molecule has 5 nitrogen and oxygen atoms in total. The van der Waals surface area contributed by atoms with Gasteiger partial charge in [-0.05, 0) is 31.0 Å². The molecule has 1 fully saturated rings. The van der Waals surface area contributed by atoms with E-state index >= 15 is 0 Å². The smallest absolute Gasteiger partial charge is 0.320 e. The Morgan fingerprint density at radius 3 is 2.82 bits per heavy atom. The SMILES string of the molecule is CCCC(NC1CCN(c2ccc(Cl)cc2Cl)C1=O)C(=O)O. The fourth-order valence-electron chi connectivity index (χ4n) is 2.58. The maximum atomic E-state index is 12.5. The summed E-state index contributed by atoms with van der Waals surface area (Å²) in [6, 6.07) is 3.75. The van der Waals surface area contributed by atoms with Crippen LogP contribution in [-0.4, -0.2) is 35.6 Å². The molecule has 1 amide bonds. The molecule has 2 N–H and O–H groups in total. The molecule has 1 aromatic carbocycles. The van der Waals surface area contributed by atoms with Gasteiger partial charge < -0.3 is 10.0 Å². The molecule has 0 aliphatic carbocycles. The van der Waals surface area contributed by atoms with Crippen LogP contribution in [-0.2, 0) is 9.59 Å². The van der Waals surface area contributed by atoms with E-state index in [1.54, 1.807) is 23.1 Å². The standard InChI is InChI=1S/C15H18Cl2N2O3/c1-2-3-12(15(21)22)18-11-6-7-19(14(11)20)13-5-4-9(16)8-10(13)17/h4-5,8,11-12,18H,2-3,6-7H2,1H3,(H,21,22). The second-order valence-electron chi connectivity index (χ2n) is 5.27. The second kappa shape index (κ2) is 7.31. The van der Waals surface area contributed by atoms with Crippen molar-refractivity contribution in [3.63, 3.8) is 0 Å². The molecule has 2 atom stereocenters. The fourth-order valence-corrected chi connectivity index (χ4v) is 3.09. The van der Waals surface area contributed by atoms with Crippen molar-refractivity contribution in [1.29, 1.82) is 0 Å². The number of carbonyl (C=O) groups is 2. The number of aliphatic carboxylic acids is 1. The van der Waals surface area contributed by atoms with Crippen molar-refractivity contribution in [2.75, 3.05) is 11.4 Å². The molecule has 1 aliphatic rings.